The van der Waals surface area contributed by atoms with Crippen molar-refractivity contribution in [3.63, 3.8) is 0 Å². The van der Waals surface area contributed by atoms with Crippen molar-refractivity contribution in [3.8, 4) is 0 Å². The number of nitrogens with one attached hydrogen (secondary N) is 1. The fraction of sp³-hybridized carbons (Fsp3) is 0.318. The molecule has 0 spiro atoms. The first-order valence-corrected chi connectivity index (χ1v) is 9.32. The van der Waals surface area contributed by atoms with Crippen molar-refractivity contribution in [1.82, 2.24) is 5.32 Å². The molecule has 0 bridgehead atoms. The van der Waals surface area contributed by atoms with E-state index in [0.29, 0.717) is 0 Å². The van der Waals surface area contributed by atoms with Crippen molar-refractivity contribution < 1.29 is 19.1 Å². The molecule has 1 fully saturated rings. The summed E-state index contributed by atoms with van der Waals surface area (Å²) in [6.45, 7) is 3.73. The van der Waals surface area contributed by atoms with E-state index in [9.17, 15) is 14.4 Å². The zero-order valence-electron chi connectivity index (χ0n) is 16.1. The van der Waals surface area contributed by atoms with Gasteiger partial charge in [-0.3, -0.25) is 14.4 Å². The number of aryl methyl sites for hydroxylation is 1. The van der Waals surface area contributed by atoms with E-state index in [4.69, 9.17) is 4.74 Å². The molecule has 1 aliphatic heterocycles. The van der Waals surface area contributed by atoms with Crippen LogP contribution in [0.25, 0.3) is 0 Å². The van der Waals surface area contributed by atoms with Gasteiger partial charge in [-0.25, -0.2) is 0 Å². The van der Waals surface area contributed by atoms with Crippen LogP contribution in [0.3, 0.4) is 0 Å². The van der Waals surface area contributed by atoms with Crippen molar-refractivity contribution >= 4 is 23.5 Å². The van der Waals surface area contributed by atoms with Crippen LogP contribution < -0.4 is 10.2 Å². The SMILES string of the molecule is Cc1cccc(N2C[C@H](C(=O)OCC(=O)N[C@H](C)c3ccccc3)CC2=O)c1. The molecule has 1 N–H and O–H groups in total. The van der Waals surface area contributed by atoms with Gasteiger partial charge in [-0.1, -0.05) is 42.5 Å². The van der Waals surface area contributed by atoms with Crippen LogP contribution in [0.15, 0.2) is 54.6 Å². The first kappa shape index (κ1) is 19.6. The highest BCUT2D eigenvalue weighted by molar-refractivity contribution is 5.99. The molecule has 0 saturated carbocycles. The molecule has 6 nitrogen and oxygen atoms in total. The predicted molar refractivity (Wildman–Crippen MR) is 106 cm³/mol. The summed E-state index contributed by atoms with van der Waals surface area (Å²) in [5.41, 5.74) is 2.78. The summed E-state index contributed by atoms with van der Waals surface area (Å²) in [4.78, 5) is 38.3. The second-order valence-electron chi connectivity index (χ2n) is 7.05. The zero-order valence-corrected chi connectivity index (χ0v) is 16.1. The number of carbonyl (C=O) groups excluding carboxylic acids is 3. The van der Waals surface area contributed by atoms with Crippen LogP contribution in [0, 0.1) is 12.8 Å². The van der Waals surface area contributed by atoms with Crippen LogP contribution in [-0.4, -0.2) is 30.9 Å². The lowest BCUT2D eigenvalue weighted by atomic mass is 10.1. The van der Waals surface area contributed by atoms with E-state index in [0.717, 1.165) is 16.8 Å². The molecule has 28 heavy (non-hydrogen) atoms. The van der Waals surface area contributed by atoms with Gasteiger partial charge in [0.1, 0.15) is 0 Å². The quantitative estimate of drug-likeness (QED) is 0.782. The summed E-state index contributed by atoms with van der Waals surface area (Å²) in [5, 5.41) is 2.80. The normalized spacial score (nSPS) is 17.3. The Balaban J connectivity index is 1.50. The van der Waals surface area contributed by atoms with Crippen molar-refractivity contribution in [1.29, 1.82) is 0 Å². The molecule has 0 aromatic heterocycles. The number of anilines is 1. The molecule has 1 aliphatic rings. The average Bonchev–Trinajstić information content (AvgIpc) is 3.08. The number of hydrogen-bond donors (Lipinski definition) is 1. The lowest BCUT2D eigenvalue weighted by Crippen LogP contribution is -2.32. The largest absolute Gasteiger partial charge is 0.455 e. The van der Waals surface area contributed by atoms with Crippen LogP contribution in [0.5, 0.6) is 0 Å². The topological polar surface area (TPSA) is 75.7 Å². The molecule has 1 saturated heterocycles. The van der Waals surface area contributed by atoms with E-state index in [2.05, 4.69) is 5.32 Å². The van der Waals surface area contributed by atoms with E-state index in [1.807, 2.05) is 68.4 Å². The maximum atomic E-state index is 12.3. The number of nitrogens with zero attached hydrogens (tertiary/aromatic N) is 1. The van der Waals surface area contributed by atoms with Gasteiger partial charge in [-0.15, -0.1) is 0 Å². The van der Waals surface area contributed by atoms with Crippen molar-refractivity contribution in [2.75, 3.05) is 18.1 Å². The Morgan fingerprint density at radius 2 is 1.93 bits per heavy atom. The lowest BCUT2D eigenvalue weighted by Gasteiger charge is -2.17. The molecular formula is C22H24N2O4. The number of hydrogen-bond acceptors (Lipinski definition) is 4. The Morgan fingerprint density at radius 3 is 2.64 bits per heavy atom. The van der Waals surface area contributed by atoms with Crippen LogP contribution in [0.2, 0.25) is 0 Å². The van der Waals surface area contributed by atoms with Gasteiger partial charge in [0.25, 0.3) is 5.91 Å². The third-order valence-corrected chi connectivity index (χ3v) is 4.79. The Labute approximate surface area is 164 Å². The van der Waals surface area contributed by atoms with E-state index in [-0.39, 0.29) is 37.4 Å². The molecule has 3 rings (SSSR count). The summed E-state index contributed by atoms with van der Waals surface area (Å²) in [5.74, 6) is -1.57. The summed E-state index contributed by atoms with van der Waals surface area (Å²) >= 11 is 0. The Kier molecular flexibility index (Phi) is 6.09. The molecule has 0 radical (unpaired) electrons. The monoisotopic (exact) mass is 380 g/mol. The molecule has 2 atom stereocenters. The number of carbonyl (C=O) groups is 3. The third kappa shape index (κ3) is 4.76. The first-order chi connectivity index (χ1) is 13.4. The maximum absolute atomic E-state index is 12.3. The van der Waals surface area contributed by atoms with E-state index in [1.54, 1.807) is 4.90 Å². The van der Waals surface area contributed by atoms with Crippen LogP contribution in [-0.2, 0) is 19.1 Å². The number of ether oxygens (including phenoxy) is 1. The molecule has 2 amide bonds. The number of esters is 1. The molecule has 1 heterocycles. The highest BCUT2D eigenvalue weighted by Gasteiger charge is 2.36. The van der Waals surface area contributed by atoms with Gasteiger partial charge >= 0.3 is 5.97 Å². The Hall–Kier alpha value is -3.15. The molecule has 0 unspecified atom stereocenters. The maximum Gasteiger partial charge on any atom is 0.311 e. The van der Waals surface area contributed by atoms with Gasteiger partial charge in [-0.05, 0) is 37.1 Å². The lowest BCUT2D eigenvalue weighted by molar-refractivity contribution is -0.152. The summed E-state index contributed by atoms with van der Waals surface area (Å²) < 4.78 is 5.15. The summed E-state index contributed by atoms with van der Waals surface area (Å²) in [7, 11) is 0. The van der Waals surface area contributed by atoms with Crippen molar-refractivity contribution in [2.24, 2.45) is 5.92 Å². The highest BCUT2D eigenvalue weighted by atomic mass is 16.5. The standard InChI is InChI=1S/C22H24N2O4/c1-15-7-6-10-19(11-15)24-13-18(12-21(24)26)22(27)28-14-20(25)23-16(2)17-8-4-3-5-9-17/h3-11,16,18H,12-14H2,1-2H3,(H,23,25)/t16-,18-/m1/s1. The fourth-order valence-electron chi connectivity index (χ4n) is 3.27. The van der Waals surface area contributed by atoms with Crippen LogP contribution >= 0.6 is 0 Å². The van der Waals surface area contributed by atoms with E-state index >= 15 is 0 Å². The molecule has 2 aromatic rings. The average molecular weight is 380 g/mol. The van der Waals surface area contributed by atoms with Gasteiger partial charge in [-0.2, -0.15) is 0 Å². The van der Waals surface area contributed by atoms with Crippen molar-refractivity contribution in [3.05, 3.63) is 65.7 Å². The first-order valence-electron chi connectivity index (χ1n) is 9.32. The number of benzene rings is 2. The van der Waals surface area contributed by atoms with Gasteiger partial charge in [0, 0.05) is 18.7 Å². The number of rotatable bonds is 6. The minimum atomic E-state index is -0.563. The Bertz CT molecular complexity index is 866. The van der Waals surface area contributed by atoms with E-state index in [1.165, 1.54) is 0 Å². The van der Waals surface area contributed by atoms with Crippen LogP contribution in [0.1, 0.15) is 30.5 Å². The Morgan fingerprint density at radius 1 is 1.18 bits per heavy atom. The fourth-order valence-corrected chi connectivity index (χ4v) is 3.27. The zero-order chi connectivity index (χ0) is 20.1. The van der Waals surface area contributed by atoms with Crippen molar-refractivity contribution in [2.45, 2.75) is 26.3 Å². The predicted octanol–water partition coefficient (Wildman–Crippen LogP) is 2.77. The van der Waals surface area contributed by atoms with Crippen LogP contribution in [0.4, 0.5) is 5.69 Å². The molecular weight excluding hydrogens is 356 g/mol. The minimum Gasteiger partial charge on any atom is -0.455 e. The second kappa shape index (κ2) is 8.69. The molecule has 2 aromatic carbocycles. The highest BCUT2D eigenvalue weighted by Crippen LogP contribution is 2.26. The van der Waals surface area contributed by atoms with Gasteiger partial charge in [0.15, 0.2) is 6.61 Å². The number of amides is 2. The smallest absolute Gasteiger partial charge is 0.311 e. The molecule has 6 heteroatoms. The second-order valence-corrected chi connectivity index (χ2v) is 7.05. The third-order valence-electron chi connectivity index (χ3n) is 4.79. The summed E-state index contributed by atoms with van der Waals surface area (Å²) in [6.07, 6.45) is 0.0921. The summed E-state index contributed by atoms with van der Waals surface area (Å²) in [6, 6.07) is 16.9. The van der Waals surface area contributed by atoms with Gasteiger partial charge < -0.3 is 15.0 Å². The molecule has 146 valence electrons. The van der Waals surface area contributed by atoms with Gasteiger partial charge in [0.05, 0.1) is 12.0 Å². The van der Waals surface area contributed by atoms with E-state index < -0.39 is 11.9 Å². The minimum absolute atomic E-state index is 0.0921. The molecule has 0 aliphatic carbocycles. The van der Waals surface area contributed by atoms with Gasteiger partial charge in [0.2, 0.25) is 5.91 Å².